The van der Waals surface area contributed by atoms with E-state index in [-0.39, 0.29) is 11.3 Å². The van der Waals surface area contributed by atoms with E-state index in [4.69, 9.17) is 0 Å². The summed E-state index contributed by atoms with van der Waals surface area (Å²) in [7, 11) is 0. The van der Waals surface area contributed by atoms with Crippen LogP contribution in [0.4, 0.5) is 5.82 Å². The average molecular weight is 262 g/mol. The number of hydrogen-bond donors (Lipinski definition) is 1. The van der Waals surface area contributed by atoms with Crippen LogP contribution in [0.1, 0.15) is 39.8 Å². The van der Waals surface area contributed by atoms with Gasteiger partial charge in [0.25, 0.3) is 0 Å². The molecule has 1 amide bonds. The third-order valence-electron chi connectivity index (χ3n) is 3.32. The number of hydrogen-bond acceptors (Lipinski definition) is 4. The fourth-order valence-electron chi connectivity index (χ4n) is 2.05. The van der Waals surface area contributed by atoms with Crippen molar-refractivity contribution in [3.05, 3.63) is 18.1 Å². The molecule has 1 aliphatic rings. The van der Waals surface area contributed by atoms with Gasteiger partial charge in [0, 0.05) is 31.0 Å². The minimum Gasteiger partial charge on any atom is -0.364 e. The van der Waals surface area contributed by atoms with Crippen LogP contribution in [0.5, 0.6) is 0 Å². The van der Waals surface area contributed by atoms with Crippen LogP contribution in [0.2, 0.25) is 0 Å². The normalized spacial score (nSPS) is 16.1. The quantitative estimate of drug-likeness (QED) is 0.902. The lowest BCUT2D eigenvalue weighted by molar-refractivity contribution is -0.134. The first-order valence-electron chi connectivity index (χ1n) is 6.77. The first-order valence-corrected chi connectivity index (χ1v) is 6.77. The van der Waals surface area contributed by atoms with Crippen LogP contribution >= 0.6 is 0 Å². The summed E-state index contributed by atoms with van der Waals surface area (Å²) in [5.74, 6) is 1.06. The van der Waals surface area contributed by atoms with Crippen LogP contribution in [0, 0.1) is 0 Å². The lowest BCUT2D eigenvalue weighted by Gasteiger charge is -2.39. The van der Waals surface area contributed by atoms with Gasteiger partial charge in [0.05, 0.1) is 11.7 Å². The molecule has 2 heterocycles. The van der Waals surface area contributed by atoms with Crippen molar-refractivity contribution in [2.24, 2.45) is 0 Å². The Morgan fingerprint density at radius 1 is 1.42 bits per heavy atom. The van der Waals surface area contributed by atoms with Gasteiger partial charge in [0.2, 0.25) is 5.91 Å². The van der Waals surface area contributed by atoms with Gasteiger partial charge < -0.3 is 10.2 Å². The summed E-state index contributed by atoms with van der Waals surface area (Å²) in [6.45, 7) is 9.81. The van der Waals surface area contributed by atoms with Crippen molar-refractivity contribution in [1.29, 1.82) is 0 Å². The summed E-state index contributed by atoms with van der Waals surface area (Å²) in [5.41, 5.74) is 1.04. The first kappa shape index (κ1) is 13.8. The topological polar surface area (TPSA) is 58.1 Å². The van der Waals surface area contributed by atoms with Crippen molar-refractivity contribution in [1.82, 2.24) is 14.9 Å². The van der Waals surface area contributed by atoms with Gasteiger partial charge in [-0.15, -0.1) is 0 Å². The highest BCUT2D eigenvalue weighted by molar-refractivity contribution is 5.77. The minimum absolute atomic E-state index is 0.0171. The van der Waals surface area contributed by atoms with E-state index in [1.807, 2.05) is 17.9 Å². The lowest BCUT2D eigenvalue weighted by Crippen LogP contribution is -2.56. The second kappa shape index (κ2) is 5.15. The highest BCUT2D eigenvalue weighted by Crippen LogP contribution is 2.22. The fraction of sp³-hybridized carbons (Fsp3) is 0.643. The van der Waals surface area contributed by atoms with Gasteiger partial charge in [-0.1, -0.05) is 27.7 Å². The summed E-state index contributed by atoms with van der Waals surface area (Å²) < 4.78 is 0. The second-order valence-electron chi connectivity index (χ2n) is 6.03. The van der Waals surface area contributed by atoms with Crippen molar-refractivity contribution < 1.29 is 4.79 Å². The number of rotatable bonds is 3. The van der Waals surface area contributed by atoms with Crippen molar-refractivity contribution in [3.63, 3.8) is 0 Å². The number of aromatic nitrogens is 2. The zero-order valence-electron chi connectivity index (χ0n) is 12.1. The van der Waals surface area contributed by atoms with E-state index in [2.05, 4.69) is 36.1 Å². The molecule has 0 spiro atoms. The standard InChI is InChI=1S/C14H22N4O/c1-5-13(19)18-7-10(8-18)17-12-6-11(14(2,3)4)15-9-16-12/h6,9-10H,5,7-8H2,1-4H3,(H,15,16,17). The van der Waals surface area contributed by atoms with Crippen LogP contribution in [-0.4, -0.2) is 39.9 Å². The van der Waals surface area contributed by atoms with Gasteiger partial charge in [-0.3, -0.25) is 4.79 Å². The van der Waals surface area contributed by atoms with Crippen LogP contribution < -0.4 is 5.32 Å². The van der Waals surface area contributed by atoms with Crippen LogP contribution in [-0.2, 0) is 10.2 Å². The molecule has 0 atom stereocenters. The van der Waals surface area contributed by atoms with Crippen LogP contribution in [0.15, 0.2) is 12.4 Å². The molecule has 0 radical (unpaired) electrons. The van der Waals surface area contributed by atoms with E-state index < -0.39 is 0 Å². The van der Waals surface area contributed by atoms with Crippen LogP contribution in [0.25, 0.3) is 0 Å². The highest BCUT2D eigenvalue weighted by atomic mass is 16.2. The van der Waals surface area contributed by atoms with Crippen molar-refractivity contribution in [2.75, 3.05) is 18.4 Å². The summed E-state index contributed by atoms with van der Waals surface area (Å²) in [6, 6.07) is 2.29. The summed E-state index contributed by atoms with van der Waals surface area (Å²) >= 11 is 0. The van der Waals surface area contributed by atoms with Gasteiger partial charge in [-0.2, -0.15) is 0 Å². The van der Waals surface area contributed by atoms with Crippen molar-refractivity contribution in [3.8, 4) is 0 Å². The molecule has 5 heteroatoms. The Kier molecular flexibility index (Phi) is 3.73. The van der Waals surface area contributed by atoms with Gasteiger partial charge in [0.1, 0.15) is 12.1 Å². The lowest BCUT2D eigenvalue weighted by atomic mass is 9.92. The molecule has 1 aliphatic heterocycles. The minimum atomic E-state index is 0.0171. The Bertz CT molecular complexity index is 461. The molecule has 1 aromatic rings. The van der Waals surface area contributed by atoms with Gasteiger partial charge in [0.15, 0.2) is 0 Å². The van der Waals surface area contributed by atoms with E-state index >= 15 is 0 Å². The summed E-state index contributed by atoms with van der Waals surface area (Å²) in [5, 5.41) is 3.35. The van der Waals surface area contributed by atoms with E-state index in [1.54, 1.807) is 6.33 Å². The number of likely N-dealkylation sites (tertiary alicyclic amines) is 1. The van der Waals surface area contributed by atoms with Gasteiger partial charge in [-0.05, 0) is 0 Å². The number of carbonyl (C=O) groups excluding carboxylic acids is 1. The third-order valence-corrected chi connectivity index (χ3v) is 3.32. The molecule has 1 fully saturated rings. The number of anilines is 1. The highest BCUT2D eigenvalue weighted by Gasteiger charge is 2.29. The number of nitrogens with one attached hydrogen (secondary N) is 1. The Balaban J connectivity index is 1.93. The molecule has 0 unspecified atom stereocenters. The average Bonchev–Trinajstić information content (AvgIpc) is 2.31. The van der Waals surface area contributed by atoms with E-state index in [0.717, 1.165) is 24.6 Å². The third kappa shape index (κ3) is 3.22. The molecule has 5 nitrogen and oxygen atoms in total. The molecule has 104 valence electrons. The van der Waals surface area contributed by atoms with Gasteiger partial charge in [-0.25, -0.2) is 9.97 Å². The van der Waals surface area contributed by atoms with E-state index in [1.165, 1.54) is 0 Å². The predicted molar refractivity (Wildman–Crippen MR) is 75.0 cm³/mol. The zero-order chi connectivity index (χ0) is 14.0. The molecule has 2 rings (SSSR count). The first-order chi connectivity index (χ1) is 8.90. The fourth-order valence-corrected chi connectivity index (χ4v) is 2.05. The Morgan fingerprint density at radius 2 is 2.11 bits per heavy atom. The van der Waals surface area contributed by atoms with Crippen molar-refractivity contribution in [2.45, 2.75) is 45.6 Å². The summed E-state index contributed by atoms with van der Waals surface area (Å²) in [4.78, 5) is 21.9. The molecule has 0 saturated carbocycles. The monoisotopic (exact) mass is 262 g/mol. The number of amides is 1. The Morgan fingerprint density at radius 3 is 2.68 bits per heavy atom. The molecule has 0 aromatic carbocycles. The van der Waals surface area contributed by atoms with E-state index in [9.17, 15) is 4.79 Å². The zero-order valence-corrected chi connectivity index (χ0v) is 12.1. The maximum absolute atomic E-state index is 11.5. The number of carbonyl (C=O) groups is 1. The molecule has 1 aromatic heterocycles. The maximum Gasteiger partial charge on any atom is 0.222 e. The smallest absolute Gasteiger partial charge is 0.222 e. The Labute approximate surface area is 114 Å². The molecule has 19 heavy (non-hydrogen) atoms. The molecule has 1 N–H and O–H groups in total. The number of nitrogens with zero attached hydrogens (tertiary/aromatic N) is 3. The molecule has 0 bridgehead atoms. The molecular formula is C14H22N4O. The Hall–Kier alpha value is -1.65. The van der Waals surface area contributed by atoms with Gasteiger partial charge >= 0.3 is 0 Å². The van der Waals surface area contributed by atoms with E-state index in [0.29, 0.717) is 12.5 Å². The van der Waals surface area contributed by atoms with Crippen molar-refractivity contribution >= 4 is 11.7 Å². The molecular weight excluding hydrogens is 240 g/mol. The van der Waals surface area contributed by atoms with Crippen LogP contribution in [0.3, 0.4) is 0 Å². The largest absolute Gasteiger partial charge is 0.364 e. The molecule has 1 saturated heterocycles. The molecule has 0 aliphatic carbocycles. The second-order valence-corrected chi connectivity index (χ2v) is 6.03. The summed E-state index contributed by atoms with van der Waals surface area (Å²) in [6.07, 6.45) is 2.17. The SMILES string of the molecule is CCC(=O)N1CC(Nc2cc(C(C)(C)C)ncn2)C1. The maximum atomic E-state index is 11.5. The predicted octanol–water partition coefficient (Wildman–Crippen LogP) is 1.81.